The molecular formula is C16H22N2O. The molecule has 0 amide bonds. The van der Waals surface area contributed by atoms with E-state index in [1.807, 2.05) is 26.2 Å². The topological polar surface area (TPSA) is 34.1 Å². The molecule has 2 aromatic rings. The highest BCUT2D eigenvalue weighted by Crippen LogP contribution is 2.30. The SMILES string of the molecule is CCOC(C)(C)C(NC)c1ccc2ncccc2c1. The lowest BCUT2D eigenvalue weighted by Gasteiger charge is -2.34. The van der Waals surface area contributed by atoms with E-state index in [0.717, 1.165) is 10.9 Å². The zero-order valence-corrected chi connectivity index (χ0v) is 12.1. The molecule has 3 heteroatoms. The van der Waals surface area contributed by atoms with Crippen LogP contribution < -0.4 is 5.32 Å². The van der Waals surface area contributed by atoms with Crippen LogP contribution in [-0.4, -0.2) is 24.2 Å². The third kappa shape index (κ3) is 2.94. The van der Waals surface area contributed by atoms with Crippen molar-refractivity contribution >= 4 is 10.9 Å². The first-order valence-corrected chi connectivity index (χ1v) is 6.74. The van der Waals surface area contributed by atoms with Crippen LogP contribution >= 0.6 is 0 Å². The minimum absolute atomic E-state index is 0.150. The third-order valence-electron chi connectivity index (χ3n) is 3.46. The molecule has 19 heavy (non-hydrogen) atoms. The van der Waals surface area contributed by atoms with Crippen LogP contribution in [0.1, 0.15) is 32.4 Å². The van der Waals surface area contributed by atoms with Gasteiger partial charge in [0.1, 0.15) is 0 Å². The van der Waals surface area contributed by atoms with Crippen molar-refractivity contribution in [3.8, 4) is 0 Å². The van der Waals surface area contributed by atoms with E-state index < -0.39 is 0 Å². The number of rotatable bonds is 5. The first kappa shape index (κ1) is 14.0. The largest absolute Gasteiger partial charge is 0.374 e. The molecule has 0 aliphatic rings. The summed E-state index contributed by atoms with van der Waals surface area (Å²) in [5.74, 6) is 0. The molecule has 0 bridgehead atoms. The van der Waals surface area contributed by atoms with Gasteiger partial charge in [-0.05, 0) is 51.6 Å². The summed E-state index contributed by atoms with van der Waals surface area (Å²) in [6.45, 7) is 6.97. The molecule has 102 valence electrons. The number of hydrogen-bond donors (Lipinski definition) is 1. The highest BCUT2D eigenvalue weighted by molar-refractivity contribution is 5.79. The van der Waals surface area contributed by atoms with E-state index in [0.29, 0.717) is 6.61 Å². The van der Waals surface area contributed by atoms with Gasteiger partial charge >= 0.3 is 0 Å². The fraction of sp³-hybridized carbons (Fsp3) is 0.438. The van der Waals surface area contributed by atoms with E-state index >= 15 is 0 Å². The quantitative estimate of drug-likeness (QED) is 0.893. The van der Waals surface area contributed by atoms with Crippen LogP contribution in [0.4, 0.5) is 0 Å². The fourth-order valence-electron chi connectivity index (χ4n) is 2.64. The lowest BCUT2D eigenvalue weighted by Crippen LogP contribution is -2.40. The molecule has 0 fully saturated rings. The number of ether oxygens (including phenoxy) is 1. The Kier molecular flexibility index (Phi) is 4.17. The lowest BCUT2D eigenvalue weighted by molar-refractivity contribution is -0.0374. The number of benzene rings is 1. The lowest BCUT2D eigenvalue weighted by atomic mass is 9.91. The predicted molar refractivity (Wildman–Crippen MR) is 79.2 cm³/mol. The molecule has 2 rings (SSSR count). The van der Waals surface area contributed by atoms with Crippen molar-refractivity contribution < 1.29 is 4.74 Å². The highest BCUT2D eigenvalue weighted by Gasteiger charge is 2.30. The minimum Gasteiger partial charge on any atom is -0.374 e. The Morgan fingerprint density at radius 1 is 1.32 bits per heavy atom. The second kappa shape index (κ2) is 5.68. The van der Waals surface area contributed by atoms with E-state index in [2.05, 4.69) is 48.4 Å². The standard InChI is InChI=1S/C16H22N2O/c1-5-19-16(2,3)15(17-4)13-8-9-14-12(11-13)7-6-10-18-14/h6-11,15,17H,5H2,1-4H3. The van der Waals surface area contributed by atoms with Crippen molar-refractivity contribution in [2.45, 2.75) is 32.4 Å². The van der Waals surface area contributed by atoms with Gasteiger partial charge in [-0.25, -0.2) is 0 Å². The van der Waals surface area contributed by atoms with E-state index in [-0.39, 0.29) is 11.6 Å². The molecule has 0 spiro atoms. The number of fused-ring (bicyclic) bond motifs is 1. The van der Waals surface area contributed by atoms with Gasteiger partial charge in [0.05, 0.1) is 17.2 Å². The molecule has 1 aromatic carbocycles. The molecule has 1 atom stereocenters. The Morgan fingerprint density at radius 3 is 2.79 bits per heavy atom. The monoisotopic (exact) mass is 258 g/mol. The number of hydrogen-bond acceptors (Lipinski definition) is 3. The number of nitrogens with one attached hydrogen (secondary N) is 1. The second-order valence-corrected chi connectivity index (χ2v) is 5.21. The van der Waals surface area contributed by atoms with E-state index in [4.69, 9.17) is 4.74 Å². The van der Waals surface area contributed by atoms with Crippen molar-refractivity contribution in [2.24, 2.45) is 0 Å². The Bertz CT molecular complexity index is 551. The molecule has 1 heterocycles. The molecule has 1 unspecified atom stereocenters. The summed E-state index contributed by atoms with van der Waals surface area (Å²) < 4.78 is 5.87. The van der Waals surface area contributed by atoms with Gasteiger partial charge < -0.3 is 10.1 Å². The van der Waals surface area contributed by atoms with Crippen LogP contribution in [0.25, 0.3) is 10.9 Å². The molecular weight excluding hydrogens is 236 g/mol. The Morgan fingerprint density at radius 2 is 2.11 bits per heavy atom. The van der Waals surface area contributed by atoms with Crippen LogP contribution in [-0.2, 0) is 4.74 Å². The summed E-state index contributed by atoms with van der Waals surface area (Å²) >= 11 is 0. The molecule has 0 radical (unpaired) electrons. The van der Waals surface area contributed by atoms with Crippen molar-refractivity contribution in [3.05, 3.63) is 42.1 Å². The van der Waals surface area contributed by atoms with Crippen LogP contribution in [0.3, 0.4) is 0 Å². The molecule has 0 aliphatic carbocycles. The summed E-state index contributed by atoms with van der Waals surface area (Å²) in [6, 6.07) is 10.6. The summed E-state index contributed by atoms with van der Waals surface area (Å²) in [6.07, 6.45) is 1.82. The number of aromatic nitrogens is 1. The van der Waals surface area contributed by atoms with Gasteiger partial charge in [0.2, 0.25) is 0 Å². The minimum atomic E-state index is -0.251. The van der Waals surface area contributed by atoms with Crippen molar-refractivity contribution in [3.63, 3.8) is 0 Å². The summed E-state index contributed by atoms with van der Waals surface area (Å²) in [5.41, 5.74) is 2.00. The van der Waals surface area contributed by atoms with Gasteiger partial charge in [0.15, 0.2) is 0 Å². The van der Waals surface area contributed by atoms with E-state index in [1.165, 1.54) is 5.56 Å². The van der Waals surface area contributed by atoms with Crippen molar-refractivity contribution in [1.29, 1.82) is 0 Å². The van der Waals surface area contributed by atoms with Gasteiger partial charge in [-0.1, -0.05) is 12.1 Å². The maximum atomic E-state index is 5.87. The fourth-order valence-corrected chi connectivity index (χ4v) is 2.64. The normalized spacial score (nSPS) is 13.7. The van der Waals surface area contributed by atoms with Crippen LogP contribution in [0.5, 0.6) is 0 Å². The molecule has 0 aliphatic heterocycles. The average Bonchev–Trinajstić information content (AvgIpc) is 2.39. The van der Waals surface area contributed by atoms with E-state index in [9.17, 15) is 0 Å². The molecule has 0 saturated carbocycles. The molecule has 3 nitrogen and oxygen atoms in total. The van der Waals surface area contributed by atoms with Crippen LogP contribution in [0.15, 0.2) is 36.5 Å². The zero-order valence-electron chi connectivity index (χ0n) is 12.1. The van der Waals surface area contributed by atoms with Crippen molar-refractivity contribution in [1.82, 2.24) is 10.3 Å². The smallest absolute Gasteiger partial charge is 0.0820 e. The Balaban J connectivity index is 2.40. The maximum Gasteiger partial charge on any atom is 0.0820 e. The summed E-state index contributed by atoms with van der Waals surface area (Å²) in [5, 5.41) is 4.52. The van der Waals surface area contributed by atoms with Gasteiger partial charge in [0, 0.05) is 18.2 Å². The summed E-state index contributed by atoms with van der Waals surface area (Å²) in [4.78, 5) is 4.35. The number of pyridine rings is 1. The third-order valence-corrected chi connectivity index (χ3v) is 3.46. The number of nitrogens with zero attached hydrogens (tertiary/aromatic N) is 1. The van der Waals surface area contributed by atoms with Gasteiger partial charge in [-0.3, -0.25) is 4.98 Å². The highest BCUT2D eigenvalue weighted by atomic mass is 16.5. The van der Waals surface area contributed by atoms with Crippen LogP contribution in [0, 0.1) is 0 Å². The van der Waals surface area contributed by atoms with Gasteiger partial charge in [-0.15, -0.1) is 0 Å². The van der Waals surface area contributed by atoms with Crippen LogP contribution in [0.2, 0.25) is 0 Å². The Hall–Kier alpha value is -1.45. The second-order valence-electron chi connectivity index (χ2n) is 5.21. The molecule has 1 N–H and O–H groups in total. The van der Waals surface area contributed by atoms with Crippen molar-refractivity contribution in [2.75, 3.05) is 13.7 Å². The van der Waals surface area contributed by atoms with Gasteiger partial charge in [0.25, 0.3) is 0 Å². The average molecular weight is 258 g/mol. The first-order valence-electron chi connectivity index (χ1n) is 6.74. The zero-order chi connectivity index (χ0) is 13.9. The van der Waals surface area contributed by atoms with Gasteiger partial charge in [-0.2, -0.15) is 0 Å². The summed E-state index contributed by atoms with van der Waals surface area (Å²) in [7, 11) is 1.97. The first-order chi connectivity index (χ1) is 9.08. The molecule has 0 saturated heterocycles. The maximum absolute atomic E-state index is 5.87. The van der Waals surface area contributed by atoms with E-state index in [1.54, 1.807) is 0 Å². The molecule has 1 aromatic heterocycles. The Labute approximate surface area is 115 Å². The predicted octanol–water partition coefficient (Wildman–Crippen LogP) is 3.31. The number of likely N-dealkylation sites (N-methyl/N-ethyl adjacent to an activating group) is 1.